The van der Waals surface area contributed by atoms with Gasteiger partial charge < -0.3 is 4.90 Å². The van der Waals surface area contributed by atoms with E-state index in [0.29, 0.717) is 6.42 Å². The van der Waals surface area contributed by atoms with Gasteiger partial charge in [0.2, 0.25) is 5.91 Å². The van der Waals surface area contributed by atoms with Gasteiger partial charge in [-0.25, -0.2) is 0 Å². The number of anilines is 1. The van der Waals surface area contributed by atoms with Crippen LogP contribution >= 0.6 is 15.9 Å². The Labute approximate surface area is 126 Å². The summed E-state index contributed by atoms with van der Waals surface area (Å²) in [5.41, 5.74) is 5.41. The third-order valence-electron chi connectivity index (χ3n) is 3.85. The summed E-state index contributed by atoms with van der Waals surface area (Å²) in [6.07, 6.45) is 1.39. The number of rotatable bonds is 1. The molecule has 0 spiro atoms. The Bertz CT molecular complexity index is 705. The minimum absolute atomic E-state index is 0.183. The minimum atomic E-state index is 0.183. The van der Waals surface area contributed by atoms with Gasteiger partial charge in [-0.3, -0.25) is 9.48 Å². The lowest BCUT2D eigenvalue weighted by molar-refractivity contribution is -0.118. The predicted octanol–water partition coefficient (Wildman–Crippen LogP) is 3.07. The first-order valence-electron chi connectivity index (χ1n) is 6.58. The number of benzene rings is 1. The van der Waals surface area contributed by atoms with E-state index < -0.39 is 0 Å². The van der Waals surface area contributed by atoms with Crippen LogP contribution in [0.1, 0.15) is 17.7 Å². The maximum absolute atomic E-state index is 11.7. The van der Waals surface area contributed by atoms with Crippen molar-refractivity contribution in [1.82, 2.24) is 9.78 Å². The second kappa shape index (κ2) is 4.74. The first kappa shape index (κ1) is 13.4. The number of hydrogen-bond donors (Lipinski definition) is 0. The van der Waals surface area contributed by atoms with Gasteiger partial charge in [0.1, 0.15) is 0 Å². The summed E-state index contributed by atoms with van der Waals surface area (Å²) in [5.74, 6) is 0.183. The number of aryl methyl sites for hydroxylation is 3. The maximum atomic E-state index is 11.7. The van der Waals surface area contributed by atoms with Crippen molar-refractivity contribution in [3.63, 3.8) is 0 Å². The van der Waals surface area contributed by atoms with E-state index in [1.165, 1.54) is 5.56 Å². The average Bonchev–Trinajstić information content (AvgIpc) is 2.67. The first-order chi connectivity index (χ1) is 9.49. The molecule has 0 unspecified atom stereocenters. The Morgan fingerprint density at radius 2 is 2.00 bits per heavy atom. The summed E-state index contributed by atoms with van der Waals surface area (Å²) >= 11 is 3.61. The van der Waals surface area contributed by atoms with Crippen molar-refractivity contribution in [3.8, 4) is 11.3 Å². The summed E-state index contributed by atoms with van der Waals surface area (Å²) < 4.78 is 2.92. The molecule has 1 amide bonds. The van der Waals surface area contributed by atoms with Crippen LogP contribution in [0.3, 0.4) is 0 Å². The van der Waals surface area contributed by atoms with Crippen LogP contribution in [0.5, 0.6) is 0 Å². The molecule has 20 heavy (non-hydrogen) atoms. The largest absolute Gasteiger partial charge is 0.315 e. The van der Waals surface area contributed by atoms with E-state index in [2.05, 4.69) is 33.2 Å². The molecule has 0 fully saturated rings. The van der Waals surface area contributed by atoms with Gasteiger partial charge in [0.15, 0.2) is 0 Å². The Balaban J connectivity index is 2.12. The number of amides is 1. The molecule has 4 nitrogen and oxygen atoms in total. The van der Waals surface area contributed by atoms with Gasteiger partial charge in [0.05, 0.1) is 15.9 Å². The van der Waals surface area contributed by atoms with Gasteiger partial charge in [0.25, 0.3) is 0 Å². The van der Waals surface area contributed by atoms with Crippen molar-refractivity contribution in [2.45, 2.75) is 19.8 Å². The van der Waals surface area contributed by atoms with E-state index >= 15 is 0 Å². The smallest absolute Gasteiger partial charge is 0.227 e. The molecule has 5 heteroatoms. The Morgan fingerprint density at radius 1 is 1.25 bits per heavy atom. The van der Waals surface area contributed by atoms with Crippen molar-refractivity contribution in [1.29, 1.82) is 0 Å². The lowest BCUT2D eigenvalue weighted by atomic mass is 9.98. The van der Waals surface area contributed by atoms with Gasteiger partial charge in [-0.1, -0.05) is 6.07 Å². The zero-order valence-corrected chi connectivity index (χ0v) is 13.4. The molecule has 0 radical (unpaired) electrons. The fraction of sp³-hybridized carbons (Fsp3) is 0.333. The Morgan fingerprint density at radius 3 is 2.65 bits per heavy atom. The molecule has 0 saturated heterocycles. The van der Waals surface area contributed by atoms with E-state index in [9.17, 15) is 4.79 Å². The first-order valence-corrected chi connectivity index (χ1v) is 7.37. The average molecular weight is 334 g/mol. The SMILES string of the molecule is Cc1nn(C)c(-c2ccc3c(c2)CCC(=O)N3C)c1Br. The topological polar surface area (TPSA) is 38.1 Å². The highest BCUT2D eigenvalue weighted by Crippen LogP contribution is 2.35. The number of carbonyl (C=O) groups excluding carboxylic acids is 1. The van der Waals surface area contributed by atoms with Crippen molar-refractivity contribution >= 4 is 27.5 Å². The second-order valence-corrected chi connectivity index (χ2v) is 5.96. The number of halogens is 1. The Hall–Kier alpha value is -1.62. The number of fused-ring (bicyclic) bond motifs is 1. The number of nitrogens with zero attached hydrogens (tertiary/aromatic N) is 3. The van der Waals surface area contributed by atoms with Crippen molar-refractivity contribution < 1.29 is 4.79 Å². The lowest BCUT2D eigenvalue weighted by Gasteiger charge is -2.26. The van der Waals surface area contributed by atoms with E-state index in [0.717, 1.165) is 33.5 Å². The zero-order valence-electron chi connectivity index (χ0n) is 11.8. The third kappa shape index (κ3) is 1.97. The van der Waals surface area contributed by atoms with E-state index in [-0.39, 0.29) is 5.91 Å². The molecular weight excluding hydrogens is 318 g/mol. The van der Waals surface area contributed by atoms with Crippen LogP contribution in [0.4, 0.5) is 5.69 Å². The molecule has 104 valence electrons. The van der Waals surface area contributed by atoms with Crippen molar-refractivity contribution in [3.05, 3.63) is 33.9 Å². The molecule has 0 saturated carbocycles. The molecule has 0 aliphatic carbocycles. The van der Waals surface area contributed by atoms with Crippen molar-refractivity contribution in [2.24, 2.45) is 7.05 Å². The molecule has 0 N–H and O–H groups in total. The van der Waals surface area contributed by atoms with E-state index in [4.69, 9.17) is 0 Å². The normalized spacial score (nSPS) is 14.6. The van der Waals surface area contributed by atoms with Crippen LogP contribution in [0.2, 0.25) is 0 Å². The molecule has 1 aromatic heterocycles. The highest BCUT2D eigenvalue weighted by molar-refractivity contribution is 9.10. The molecular formula is C15H16BrN3O. The standard InChI is InChI=1S/C15H16BrN3O/c1-9-14(16)15(19(3)17-9)11-4-6-12-10(8-11)5-7-13(20)18(12)2/h4,6,8H,5,7H2,1-3H3. The molecule has 1 aromatic carbocycles. The molecule has 1 aliphatic heterocycles. The maximum Gasteiger partial charge on any atom is 0.227 e. The molecule has 3 rings (SSSR count). The minimum Gasteiger partial charge on any atom is -0.315 e. The quantitative estimate of drug-likeness (QED) is 0.804. The predicted molar refractivity (Wildman–Crippen MR) is 82.8 cm³/mol. The second-order valence-electron chi connectivity index (χ2n) is 5.17. The number of aromatic nitrogens is 2. The number of carbonyl (C=O) groups is 1. The van der Waals surface area contributed by atoms with Crippen LogP contribution in [0, 0.1) is 6.92 Å². The van der Waals surface area contributed by atoms with Crippen LogP contribution in [-0.4, -0.2) is 22.7 Å². The monoisotopic (exact) mass is 333 g/mol. The fourth-order valence-corrected chi connectivity index (χ4v) is 3.31. The summed E-state index contributed by atoms with van der Waals surface area (Å²) in [5, 5.41) is 4.43. The highest BCUT2D eigenvalue weighted by atomic mass is 79.9. The van der Waals surface area contributed by atoms with E-state index in [1.54, 1.807) is 4.90 Å². The Kier molecular flexibility index (Phi) is 3.17. The van der Waals surface area contributed by atoms with Crippen LogP contribution in [0.15, 0.2) is 22.7 Å². The van der Waals surface area contributed by atoms with Gasteiger partial charge >= 0.3 is 0 Å². The zero-order chi connectivity index (χ0) is 14.4. The van der Waals surface area contributed by atoms with Crippen molar-refractivity contribution in [2.75, 3.05) is 11.9 Å². The van der Waals surface area contributed by atoms with E-state index in [1.807, 2.05) is 31.8 Å². The van der Waals surface area contributed by atoms with Crippen LogP contribution in [0.25, 0.3) is 11.3 Å². The van der Waals surface area contributed by atoms with Gasteiger partial charge in [-0.2, -0.15) is 5.10 Å². The number of hydrogen-bond acceptors (Lipinski definition) is 2. The summed E-state index contributed by atoms with van der Waals surface area (Å²) in [6, 6.07) is 6.24. The third-order valence-corrected chi connectivity index (χ3v) is 4.80. The summed E-state index contributed by atoms with van der Waals surface area (Å²) in [4.78, 5) is 13.5. The highest BCUT2D eigenvalue weighted by Gasteiger charge is 2.22. The van der Waals surface area contributed by atoms with Gasteiger partial charge in [0, 0.05) is 31.8 Å². The lowest BCUT2D eigenvalue weighted by Crippen LogP contribution is -2.31. The summed E-state index contributed by atoms with van der Waals surface area (Å²) in [7, 11) is 3.78. The summed E-state index contributed by atoms with van der Waals surface area (Å²) in [6.45, 7) is 1.98. The molecule has 2 heterocycles. The van der Waals surface area contributed by atoms with Gasteiger partial charge in [-0.15, -0.1) is 0 Å². The molecule has 0 bridgehead atoms. The van der Waals surface area contributed by atoms with Gasteiger partial charge in [-0.05, 0) is 47.0 Å². The molecule has 0 atom stereocenters. The molecule has 1 aliphatic rings. The van der Waals surface area contributed by atoms with Crippen LogP contribution in [-0.2, 0) is 18.3 Å². The molecule has 2 aromatic rings. The fourth-order valence-electron chi connectivity index (χ4n) is 2.75. The van der Waals surface area contributed by atoms with Crippen LogP contribution < -0.4 is 4.90 Å².